The maximum Gasteiger partial charge on any atom is 0.179 e. The third kappa shape index (κ3) is 2.47. The molecule has 0 spiro atoms. The van der Waals surface area contributed by atoms with Crippen molar-refractivity contribution in [2.45, 2.75) is 32.8 Å². The fourth-order valence-corrected chi connectivity index (χ4v) is 2.24. The second-order valence-electron chi connectivity index (χ2n) is 5.27. The topological polar surface area (TPSA) is 37.3 Å². The number of carbonyl (C=O) groups excluding carboxylic acids is 1. The van der Waals surface area contributed by atoms with Gasteiger partial charge in [-0.1, -0.05) is 37.0 Å². The van der Waals surface area contributed by atoms with Crippen LogP contribution in [0.5, 0.6) is 0 Å². The summed E-state index contributed by atoms with van der Waals surface area (Å²) in [6.45, 7) is 3.74. The first-order valence-electron chi connectivity index (χ1n) is 6.33. The predicted molar refractivity (Wildman–Crippen MR) is 70.8 cm³/mol. The summed E-state index contributed by atoms with van der Waals surface area (Å²) in [5.74, 6) is 6.01. The molecule has 0 radical (unpaired) electrons. The largest absolute Gasteiger partial charge is 0.385 e. The molecule has 1 N–H and O–H groups in total. The molecule has 1 fully saturated rings. The van der Waals surface area contributed by atoms with Crippen LogP contribution in [0.3, 0.4) is 0 Å². The molecular formula is C16H18O2. The van der Waals surface area contributed by atoms with Crippen LogP contribution in [0.4, 0.5) is 0 Å². The number of ketones is 1. The minimum absolute atomic E-state index is 0.0455. The van der Waals surface area contributed by atoms with Crippen LogP contribution in [0.25, 0.3) is 0 Å². The first-order chi connectivity index (χ1) is 8.53. The zero-order chi connectivity index (χ0) is 13.2. The lowest BCUT2D eigenvalue weighted by Gasteiger charge is -2.34. The normalized spacial score (nSPS) is 31.6. The van der Waals surface area contributed by atoms with Crippen LogP contribution in [-0.4, -0.2) is 17.0 Å². The Morgan fingerprint density at radius 2 is 2.00 bits per heavy atom. The summed E-state index contributed by atoms with van der Waals surface area (Å²) in [6, 6.07) is 9.62. The fourth-order valence-electron chi connectivity index (χ4n) is 2.24. The Morgan fingerprint density at radius 3 is 2.67 bits per heavy atom. The van der Waals surface area contributed by atoms with Crippen LogP contribution in [0.2, 0.25) is 0 Å². The number of carbonyl (C=O) groups is 1. The summed E-state index contributed by atoms with van der Waals surface area (Å²) < 4.78 is 0. The molecule has 2 heteroatoms. The number of aliphatic hydroxyl groups excluding tert-OH is 1. The van der Waals surface area contributed by atoms with Gasteiger partial charge in [0.25, 0.3) is 0 Å². The third-order valence-electron chi connectivity index (χ3n) is 3.71. The van der Waals surface area contributed by atoms with E-state index in [0.29, 0.717) is 0 Å². The van der Waals surface area contributed by atoms with Crippen LogP contribution in [0, 0.1) is 23.2 Å². The molecule has 1 aromatic carbocycles. The van der Waals surface area contributed by atoms with E-state index < -0.39 is 11.5 Å². The van der Waals surface area contributed by atoms with Crippen LogP contribution in [0.15, 0.2) is 30.3 Å². The Morgan fingerprint density at radius 1 is 1.33 bits per heavy atom. The Hall–Kier alpha value is -1.59. The van der Waals surface area contributed by atoms with Crippen molar-refractivity contribution in [3.05, 3.63) is 35.9 Å². The smallest absolute Gasteiger partial charge is 0.179 e. The Kier molecular flexibility index (Phi) is 3.54. The van der Waals surface area contributed by atoms with Crippen molar-refractivity contribution in [2.24, 2.45) is 11.3 Å². The predicted octanol–water partition coefficient (Wildman–Crippen LogP) is 2.40. The van der Waals surface area contributed by atoms with Crippen molar-refractivity contribution in [3.8, 4) is 11.8 Å². The lowest BCUT2D eigenvalue weighted by molar-refractivity contribution is -0.140. The SMILES string of the molecule is C[C@H]1CC[C@@](C)(C#Cc2ccccc2)C(=O)[C@@H]1O. The second-order valence-corrected chi connectivity index (χ2v) is 5.27. The Balaban J connectivity index is 2.23. The molecule has 0 heterocycles. The molecule has 2 nitrogen and oxygen atoms in total. The summed E-state index contributed by atoms with van der Waals surface area (Å²) >= 11 is 0. The lowest BCUT2D eigenvalue weighted by atomic mass is 9.70. The van der Waals surface area contributed by atoms with Gasteiger partial charge in [0, 0.05) is 5.56 Å². The molecule has 0 bridgehead atoms. The first kappa shape index (κ1) is 12.9. The second kappa shape index (κ2) is 4.96. The summed E-state index contributed by atoms with van der Waals surface area (Å²) in [5, 5.41) is 9.86. The number of benzene rings is 1. The van der Waals surface area contributed by atoms with Crippen molar-refractivity contribution in [1.82, 2.24) is 0 Å². The number of Topliss-reactive ketones (excluding diaryl/α,β-unsaturated/α-hetero) is 1. The quantitative estimate of drug-likeness (QED) is 0.709. The average Bonchev–Trinajstić information content (AvgIpc) is 2.40. The highest BCUT2D eigenvalue weighted by molar-refractivity contribution is 5.92. The minimum Gasteiger partial charge on any atom is -0.385 e. The molecular weight excluding hydrogens is 224 g/mol. The monoisotopic (exact) mass is 242 g/mol. The van der Waals surface area contributed by atoms with E-state index >= 15 is 0 Å². The molecule has 94 valence electrons. The maximum atomic E-state index is 12.1. The number of aliphatic hydroxyl groups is 1. The van der Waals surface area contributed by atoms with E-state index in [1.54, 1.807) is 0 Å². The lowest BCUT2D eigenvalue weighted by Crippen LogP contribution is -2.44. The van der Waals surface area contributed by atoms with E-state index in [9.17, 15) is 9.90 Å². The average molecular weight is 242 g/mol. The van der Waals surface area contributed by atoms with E-state index in [-0.39, 0.29) is 11.7 Å². The van der Waals surface area contributed by atoms with E-state index in [2.05, 4.69) is 11.8 Å². The molecule has 1 aliphatic carbocycles. The molecule has 2 rings (SSSR count). The zero-order valence-electron chi connectivity index (χ0n) is 10.8. The van der Waals surface area contributed by atoms with Gasteiger partial charge in [0.05, 0.1) is 5.41 Å². The molecule has 0 aromatic heterocycles. The van der Waals surface area contributed by atoms with Crippen LogP contribution in [-0.2, 0) is 4.79 Å². The summed E-state index contributed by atoms with van der Waals surface area (Å²) in [5.41, 5.74) is 0.196. The fraction of sp³-hybridized carbons (Fsp3) is 0.438. The standard InChI is InChI=1S/C16H18O2/c1-12-8-10-16(2,15(18)14(12)17)11-9-13-6-4-3-5-7-13/h3-7,12,14,17H,8,10H2,1-2H3/t12-,14+,16-/m0/s1. The van der Waals surface area contributed by atoms with Crippen molar-refractivity contribution in [2.75, 3.05) is 0 Å². The molecule has 0 unspecified atom stereocenters. The third-order valence-corrected chi connectivity index (χ3v) is 3.71. The summed E-state index contributed by atoms with van der Waals surface area (Å²) in [7, 11) is 0. The van der Waals surface area contributed by atoms with Gasteiger partial charge < -0.3 is 5.11 Å². The van der Waals surface area contributed by atoms with Gasteiger partial charge in [-0.25, -0.2) is 0 Å². The number of hydrogen-bond donors (Lipinski definition) is 1. The molecule has 1 saturated carbocycles. The molecule has 18 heavy (non-hydrogen) atoms. The van der Waals surface area contributed by atoms with E-state index in [0.717, 1.165) is 18.4 Å². The van der Waals surface area contributed by atoms with Crippen LogP contribution in [0.1, 0.15) is 32.3 Å². The summed E-state index contributed by atoms with van der Waals surface area (Å²) in [6.07, 6.45) is 0.699. The molecule has 0 saturated heterocycles. The van der Waals surface area contributed by atoms with Gasteiger partial charge >= 0.3 is 0 Å². The van der Waals surface area contributed by atoms with Gasteiger partial charge in [0.1, 0.15) is 6.10 Å². The zero-order valence-corrected chi connectivity index (χ0v) is 10.8. The highest BCUT2D eigenvalue weighted by Crippen LogP contribution is 2.35. The van der Waals surface area contributed by atoms with Gasteiger partial charge in [-0.2, -0.15) is 0 Å². The number of hydrogen-bond acceptors (Lipinski definition) is 2. The van der Waals surface area contributed by atoms with E-state index in [1.165, 1.54) is 0 Å². The maximum absolute atomic E-state index is 12.1. The Labute approximate surface area is 108 Å². The van der Waals surface area contributed by atoms with Gasteiger partial charge in [0.2, 0.25) is 0 Å². The minimum atomic E-state index is -0.867. The van der Waals surface area contributed by atoms with Gasteiger partial charge in [-0.3, -0.25) is 4.79 Å². The Bertz CT molecular complexity index is 495. The molecule has 1 aromatic rings. The summed E-state index contributed by atoms with van der Waals surface area (Å²) in [4.78, 5) is 12.1. The number of rotatable bonds is 0. The van der Waals surface area contributed by atoms with Crippen LogP contribution >= 0.6 is 0 Å². The first-order valence-corrected chi connectivity index (χ1v) is 6.33. The van der Waals surface area contributed by atoms with Crippen LogP contribution < -0.4 is 0 Å². The molecule has 3 atom stereocenters. The molecule has 0 aliphatic heterocycles. The molecule has 1 aliphatic rings. The van der Waals surface area contributed by atoms with E-state index in [1.807, 2.05) is 44.2 Å². The van der Waals surface area contributed by atoms with E-state index in [4.69, 9.17) is 0 Å². The van der Waals surface area contributed by atoms with Gasteiger partial charge in [0.15, 0.2) is 5.78 Å². The van der Waals surface area contributed by atoms with Crippen molar-refractivity contribution in [1.29, 1.82) is 0 Å². The van der Waals surface area contributed by atoms with Crippen molar-refractivity contribution >= 4 is 5.78 Å². The van der Waals surface area contributed by atoms with Crippen molar-refractivity contribution in [3.63, 3.8) is 0 Å². The van der Waals surface area contributed by atoms with Crippen molar-refractivity contribution < 1.29 is 9.90 Å². The highest BCUT2D eigenvalue weighted by atomic mass is 16.3. The highest BCUT2D eigenvalue weighted by Gasteiger charge is 2.42. The van der Waals surface area contributed by atoms with Gasteiger partial charge in [-0.15, -0.1) is 0 Å². The molecule has 0 amide bonds. The van der Waals surface area contributed by atoms with Gasteiger partial charge in [-0.05, 0) is 37.8 Å².